The van der Waals surface area contributed by atoms with E-state index in [0.29, 0.717) is 12.2 Å². The summed E-state index contributed by atoms with van der Waals surface area (Å²) in [5.41, 5.74) is 5.17. The SMILES string of the molecule is Cc1ccc2[nH]cc(CCNC3CC(=O)N(c4ccccc4C)C3=O)c2c1.Cl. The van der Waals surface area contributed by atoms with Gasteiger partial charge in [-0.15, -0.1) is 12.4 Å². The topological polar surface area (TPSA) is 65.2 Å². The predicted octanol–water partition coefficient (Wildman–Crippen LogP) is 3.67. The number of hydrogen-bond donors (Lipinski definition) is 2. The Bertz CT molecular complexity index is 1030. The molecule has 1 saturated heterocycles. The molecule has 4 rings (SSSR count). The maximum atomic E-state index is 12.8. The number of H-pyrrole nitrogens is 1. The van der Waals surface area contributed by atoms with E-state index >= 15 is 0 Å². The van der Waals surface area contributed by atoms with Gasteiger partial charge in [0.15, 0.2) is 0 Å². The van der Waals surface area contributed by atoms with E-state index in [1.54, 1.807) is 0 Å². The number of nitrogens with zero attached hydrogens (tertiary/aromatic N) is 1. The van der Waals surface area contributed by atoms with E-state index in [2.05, 4.69) is 35.4 Å². The van der Waals surface area contributed by atoms with E-state index in [-0.39, 0.29) is 30.6 Å². The van der Waals surface area contributed by atoms with Crippen LogP contribution < -0.4 is 10.2 Å². The molecule has 0 aliphatic carbocycles. The monoisotopic (exact) mass is 397 g/mol. The molecule has 0 bridgehead atoms. The van der Waals surface area contributed by atoms with Crippen LogP contribution in [-0.2, 0) is 16.0 Å². The summed E-state index contributed by atoms with van der Waals surface area (Å²) in [7, 11) is 0. The number of carbonyl (C=O) groups excluding carboxylic acids is 2. The van der Waals surface area contributed by atoms with Crippen LogP contribution in [0.5, 0.6) is 0 Å². The molecular formula is C22H24ClN3O2. The van der Waals surface area contributed by atoms with Crippen LogP contribution in [0.25, 0.3) is 10.9 Å². The van der Waals surface area contributed by atoms with Crippen LogP contribution in [0, 0.1) is 13.8 Å². The average Bonchev–Trinajstić information content (AvgIpc) is 3.16. The highest BCUT2D eigenvalue weighted by Crippen LogP contribution is 2.26. The van der Waals surface area contributed by atoms with Gasteiger partial charge in [0, 0.05) is 23.6 Å². The zero-order valence-electron chi connectivity index (χ0n) is 16.0. The summed E-state index contributed by atoms with van der Waals surface area (Å²) in [5.74, 6) is -0.307. The molecule has 1 aliphatic rings. The van der Waals surface area contributed by atoms with Gasteiger partial charge in [-0.1, -0.05) is 29.8 Å². The fourth-order valence-electron chi connectivity index (χ4n) is 3.74. The lowest BCUT2D eigenvalue weighted by atomic mass is 10.1. The van der Waals surface area contributed by atoms with Crippen molar-refractivity contribution in [2.45, 2.75) is 32.7 Å². The first-order valence-corrected chi connectivity index (χ1v) is 9.27. The molecule has 0 saturated carbocycles. The lowest BCUT2D eigenvalue weighted by Crippen LogP contribution is -2.39. The summed E-state index contributed by atoms with van der Waals surface area (Å²) in [6.07, 6.45) is 3.03. The Labute approximate surface area is 170 Å². The first-order valence-electron chi connectivity index (χ1n) is 9.27. The zero-order valence-corrected chi connectivity index (χ0v) is 16.8. The normalized spacial score (nSPS) is 16.6. The van der Waals surface area contributed by atoms with Crippen LogP contribution in [0.1, 0.15) is 23.1 Å². The van der Waals surface area contributed by atoms with Crippen molar-refractivity contribution >= 4 is 40.8 Å². The van der Waals surface area contributed by atoms with Crippen molar-refractivity contribution in [3.8, 4) is 0 Å². The minimum atomic E-state index is -0.455. The number of aromatic amines is 1. The van der Waals surface area contributed by atoms with Gasteiger partial charge in [-0.2, -0.15) is 0 Å². The fraction of sp³-hybridized carbons (Fsp3) is 0.273. The number of benzene rings is 2. The minimum absolute atomic E-state index is 0. The zero-order chi connectivity index (χ0) is 19.0. The van der Waals surface area contributed by atoms with Crippen LogP contribution in [0.15, 0.2) is 48.7 Å². The Morgan fingerprint density at radius 2 is 1.93 bits per heavy atom. The Morgan fingerprint density at radius 1 is 1.14 bits per heavy atom. The van der Waals surface area contributed by atoms with Crippen LogP contribution in [-0.4, -0.2) is 29.4 Å². The Morgan fingerprint density at radius 3 is 2.71 bits per heavy atom. The van der Waals surface area contributed by atoms with Gasteiger partial charge in [0.1, 0.15) is 0 Å². The number of aromatic nitrogens is 1. The molecule has 28 heavy (non-hydrogen) atoms. The van der Waals surface area contributed by atoms with Gasteiger partial charge in [-0.3, -0.25) is 9.59 Å². The van der Waals surface area contributed by atoms with E-state index in [9.17, 15) is 9.59 Å². The van der Waals surface area contributed by atoms with Crippen molar-refractivity contribution < 1.29 is 9.59 Å². The lowest BCUT2D eigenvalue weighted by Gasteiger charge is -2.17. The molecule has 1 fully saturated rings. The molecule has 2 N–H and O–H groups in total. The summed E-state index contributed by atoms with van der Waals surface area (Å²) in [6.45, 7) is 4.64. The number of nitrogens with one attached hydrogen (secondary N) is 2. The van der Waals surface area contributed by atoms with E-state index in [1.165, 1.54) is 21.4 Å². The first kappa shape index (κ1) is 20.1. The average molecular weight is 398 g/mol. The number of hydrogen-bond acceptors (Lipinski definition) is 3. The van der Waals surface area contributed by atoms with E-state index in [1.807, 2.05) is 37.4 Å². The summed E-state index contributed by atoms with van der Waals surface area (Å²) in [6, 6.07) is 13.4. The highest BCUT2D eigenvalue weighted by molar-refractivity contribution is 6.22. The third kappa shape index (κ3) is 3.68. The molecule has 1 atom stereocenters. The number of para-hydroxylation sites is 1. The number of aryl methyl sites for hydroxylation is 2. The molecule has 5 nitrogen and oxygen atoms in total. The number of rotatable bonds is 5. The van der Waals surface area contributed by atoms with E-state index in [0.717, 1.165) is 17.5 Å². The highest BCUT2D eigenvalue weighted by Gasteiger charge is 2.39. The molecule has 1 unspecified atom stereocenters. The molecular weight excluding hydrogens is 374 g/mol. The summed E-state index contributed by atoms with van der Waals surface area (Å²) in [5, 5.41) is 4.49. The molecule has 1 aromatic heterocycles. The van der Waals surface area contributed by atoms with Crippen LogP contribution in [0.4, 0.5) is 5.69 Å². The van der Waals surface area contributed by atoms with Gasteiger partial charge >= 0.3 is 0 Å². The largest absolute Gasteiger partial charge is 0.361 e. The summed E-state index contributed by atoms with van der Waals surface area (Å²) in [4.78, 5) is 29.8. The van der Waals surface area contributed by atoms with Crippen molar-refractivity contribution in [1.82, 2.24) is 10.3 Å². The van der Waals surface area contributed by atoms with Gasteiger partial charge in [0.25, 0.3) is 5.91 Å². The molecule has 0 radical (unpaired) electrons. The van der Waals surface area contributed by atoms with E-state index in [4.69, 9.17) is 0 Å². The second kappa shape index (κ2) is 8.17. The van der Waals surface area contributed by atoms with Gasteiger partial charge in [0.2, 0.25) is 5.91 Å². The van der Waals surface area contributed by atoms with Crippen molar-refractivity contribution in [3.63, 3.8) is 0 Å². The lowest BCUT2D eigenvalue weighted by molar-refractivity contribution is -0.121. The third-order valence-corrected chi connectivity index (χ3v) is 5.21. The van der Waals surface area contributed by atoms with Crippen LogP contribution in [0.2, 0.25) is 0 Å². The van der Waals surface area contributed by atoms with Crippen molar-refractivity contribution in [1.29, 1.82) is 0 Å². The number of halogens is 1. The molecule has 2 amide bonds. The second-order valence-corrected chi connectivity index (χ2v) is 7.18. The Kier molecular flexibility index (Phi) is 5.87. The Balaban J connectivity index is 0.00000225. The second-order valence-electron chi connectivity index (χ2n) is 7.18. The quantitative estimate of drug-likeness (QED) is 0.645. The first-order chi connectivity index (χ1) is 13.0. The van der Waals surface area contributed by atoms with Crippen molar-refractivity contribution in [2.75, 3.05) is 11.4 Å². The predicted molar refractivity (Wildman–Crippen MR) is 114 cm³/mol. The number of imide groups is 1. The van der Waals surface area contributed by atoms with Crippen molar-refractivity contribution in [3.05, 3.63) is 65.4 Å². The molecule has 146 valence electrons. The molecule has 2 heterocycles. The summed E-state index contributed by atoms with van der Waals surface area (Å²) >= 11 is 0. The number of amides is 2. The molecule has 3 aromatic rings. The molecule has 2 aromatic carbocycles. The maximum absolute atomic E-state index is 12.8. The molecule has 6 heteroatoms. The number of fused-ring (bicyclic) bond motifs is 1. The van der Waals surface area contributed by atoms with Crippen LogP contribution >= 0.6 is 12.4 Å². The maximum Gasteiger partial charge on any atom is 0.251 e. The van der Waals surface area contributed by atoms with E-state index < -0.39 is 6.04 Å². The van der Waals surface area contributed by atoms with Gasteiger partial charge in [0.05, 0.1) is 18.2 Å². The minimum Gasteiger partial charge on any atom is -0.361 e. The fourth-order valence-corrected chi connectivity index (χ4v) is 3.74. The Hall–Kier alpha value is -2.63. The van der Waals surface area contributed by atoms with Crippen LogP contribution in [0.3, 0.4) is 0 Å². The van der Waals surface area contributed by atoms with Gasteiger partial charge < -0.3 is 10.3 Å². The number of anilines is 1. The summed E-state index contributed by atoms with van der Waals surface area (Å²) < 4.78 is 0. The smallest absolute Gasteiger partial charge is 0.251 e. The highest BCUT2D eigenvalue weighted by atomic mass is 35.5. The van der Waals surface area contributed by atoms with Gasteiger partial charge in [-0.25, -0.2) is 4.90 Å². The number of carbonyl (C=O) groups is 2. The van der Waals surface area contributed by atoms with Crippen molar-refractivity contribution in [2.24, 2.45) is 0 Å². The molecule has 0 spiro atoms. The standard InChI is InChI=1S/C22H23N3O2.ClH/c1-14-7-8-18-17(11-14)16(13-24-18)9-10-23-19-12-21(26)25(22(19)27)20-6-4-3-5-15(20)2;/h3-8,11,13,19,23-24H,9-10,12H2,1-2H3;1H. The third-order valence-electron chi connectivity index (χ3n) is 5.21. The van der Waals surface area contributed by atoms with Gasteiger partial charge in [-0.05, 0) is 49.6 Å². The molecule has 1 aliphatic heterocycles.